The molecule has 1 saturated carbocycles. The maximum atomic E-state index is 5.95. The summed E-state index contributed by atoms with van der Waals surface area (Å²) in [5, 5.41) is 4.03. The molecule has 2 N–H and O–H groups in total. The normalized spacial score (nSPS) is 17.4. The van der Waals surface area contributed by atoms with Crippen LogP contribution in [-0.2, 0) is 0 Å². The zero-order chi connectivity index (χ0) is 11.7. The van der Waals surface area contributed by atoms with Gasteiger partial charge in [-0.25, -0.2) is 4.52 Å². The molecule has 0 bridgehead atoms. The van der Waals surface area contributed by atoms with E-state index in [1.807, 2.05) is 18.3 Å². The number of hydrogen-bond acceptors (Lipinski definition) is 4. The summed E-state index contributed by atoms with van der Waals surface area (Å²) in [5.41, 5.74) is 6.27. The van der Waals surface area contributed by atoms with E-state index in [2.05, 4.69) is 10.1 Å². The van der Waals surface area contributed by atoms with Crippen molar-refractivity contribution in [1.82, 2.24) is 14.6 Å². The van der Waals surface area contributed by atoms with Crippen molar-refractivity contribution >= 4 is 11.6 Å². The van der Waals surface area contributed by atoms with Crippen LogP contribution in [0.5, 0.6) is 5.75 Å². The van der Waals surface area contributed by atoms with Gasteiger partial charge in [0.05, 0.1) is 6.10 Å². The number of hydrogen-bond donors (Lipinski definition) is 1. The van der Waals surface area contributed by atoms with Crippen molar-refractivity contribution < 1.29 is 4.74 Å². The largest absolute Gasteiger partial charge is 0.490 e. The molecule has 2 aromatic heterocycles. The molecule has 2 aromatic rings. The number of anilines is 1. The maximum Gasteiger partial charge on any atom is 0.240 e. The fraction of sp³-hybridized carbons (Fsp3) is 0.500. The van der Waals surface area contributed by atoms with Gasteiger partial charge in [0.1, 0.15) is 5.75 Å². The second kappa shape index (κ2) is 4.24. The van der Waals surface area contributed by atoms with Crippen LogP contribution >= 0.6 is 0 Å². The first kappa shape index (κ1) is 10.4. The Balaban J connectivity index is 1.79. The van der Waals surface area contributed by atoms with E-state index in [4.69, 9.17) is 10.5 Å². The third kappa shape index (κ3) is 2.18. The van der Waals surface area contributed by atoms with Gasteiger partial charge >= 0.3 is 0 Å². The van der Waals surface area contributed by atoms with E-state index >= 15 is 0 Å². The smallest absolute Gasteiger partial charge is 0.240 e. The molecular formula is C12H16N4O. The number of nitrogen functional groups attached to an aromatic ring is 1. The highest BCUT2D eigenvalue weighted by atomic mass is 16.5. The Labute approximate surface area is 99.6 Å². The van der Waals surface area contributed by atoms with E-state index in [-0.39, 0.29) is 0 Å². The van der Waals surface area contributed by atoms with Crippen LogP contribution in [0.15, 0.2) is 18.3 Å². The summed E-state index contributed by atoms with van der Waals surface area (Å²) in [7, 11) is 0. The first-order valence-corrected chi connectivity index (χ1v) is 6.10. The number of aromatic nitrogens is 3. The lowest BCUT2D eigenvalue weighted by molar-refractivity contribution is 0.155. The van der Waals surface area contributed by atoms with Gasteiger partial charge in [-0.15, -0.1) is 5.10 Å². The van der Waals surface area contributed by atoms with E-state index in [1.165, 1.54) is 19.3 Å². The van der Waals surface area contributed by atoms with Crippen LogP contribution in [0, 0.1) is 0 Å². The van der Waals surface area contributed by atoms with Crippen molar-refractivity contribution in [3.05, 3.63) is 18.3 Å². The number of rotatable bonds is 2. The summed E-state index contributed by atoms with van der Waals surface area (Å²) in [6.45, 7) is 0. The molecule has 5 nitrogen and oxygen atoms in total. The third-order valence-corrected chi connectivity index (χ3v) is 3.18. The Morgan fingerprint density at radius 3 is 2.94 bits per heavy atom. The number of pyridine rings is 1. The van der Waals surface area contributed by atoms with E-state index < -0.39 is 0 Å². The van der Waals surface area contributed by atoms with Gasteiger partial charge in [-0.1, -0.05) is 6.42 Å². The predicted molar refractivity (Wildman–Crippen MR) is 64.9 cm³/mol. The minimum atomic E-state index is 0.291. The number of nitrogens with zero attached hydrogens (tertiary/aromatic N) is 3. The lowest BCUT2D eigenvalue weighted by Crippen LogP contribution is -2.19. The van der Waals surface area contributed by atoms with Crippen molar-refractivity contribution in [2.75, 3.05) is 5.73 Å². The molecule has 1 aliphatic carbocycles. The molecule has 0 aromatic carbocycles. The van der Waals surface area contributed by atoms with E-state index in [1.54, 1.807) is 4.52 Å². The quantitative estimate of drug-likeness (QED) is 0.860. The van der Waals surface area contributed by atoms with Crippen molar-refractivity contribution in [2.24, 2.45) is 0 Å². The van der Waals surface area contributed by atoms with Crippen molar-refractivity contribution in [1.29, 1.82) is 0 Å². The molecule has 0 amide bonds. The molecule has 0 atom stereocenters. The van der Waals surface area contributed by atoms with Gasteiger partial charge in [-0.05, 0) is 31.7 Å². The molecular weight excluding hydrogens is 216 g/mol. The number of fused-ring (bicyclic) bond motifs is 1. The number of nitrogens with two attached hydrogens (primary N) is 1. The summed E-state index contributed by atoms with van der Waals surface area (Å²) in [6, 6.07) is 3.80. The molecule has 90 valence electrons. The summed E-state index contributed by atoms with van der Waals surface area (Å²) in [4.78, 5) is 4.12. The molecule has 0 saturated heterocycles. The van der Waals surface area contributed by atoms with Crippen LogP contribution in [0.4, 0.5) is 5.95 Å². The minimum absolute atomic E-state index is 0.291. The summed E-state index contributed by atoms with van der Waals surface area (Å²) in [6.07, 6.45) is 8.36. The van der Waals surface area contributed by atoms with Gasteiger partial charge in [-0.3, -0.25) is 0 Å². The molecule has 0 aliphatic heterocycles. The van der Waals surface area contributed by atoms with E-state index in [0.717, 1.165) is 24.2 Å². The first-order chi connectivity index (χ1) is 8.31. The summed E-state index contributed by atoms with van der Waals surface area (Å²) >= 11 is 0. The maximum absolute atomic E-state index is 5.95. The van der Waals surface area contributed by atoms with Gasteiger partial charge < -0.3 is 10.5 Å². The average molecular weight is 232 g/mol. The van der Waals surface area contributed by atoms with Crippen LogP contribution in [0.1, 0.15) is 32.1 Å². The van der Waals surface area contributed by atoms with E-state index in [9.17, 15) is 0 Å². The minimum Gasteiger partial charge on any atom is -0.490 e. The van der Waals surface area contributed by atoms with Gasteiger partial charge in [0.25, 0.3) is 0 Å². The molecule has 2 heterocycles. The van der Waals surface area contributed by atoms with Crippen molar-refractivity contribution in [3.8, 4) is 5.75 Å². The summed E-state index contributed by atoms with van der Waals surface area (Å²) < 4.78 is 7.61. The van der Waals surface area contributed by atoms with Gasteiger partial charge in [0, 0.05) is 12.3 Å². The van der Waals surface area contributed by atoms with Crippen LogP contribution in [-0.4, -0.2) is 20.7 Å². The van der Waals surface area contributed by atoms with Gasteiger partial charge in [0.2, 0.25) is 5.95 Å². The highest BCUT2D eigenvalue weighted by Crippen LogP contribution is 2.23. The standard InChI is InChI=1S/C12H16N4O/c13-12-14-11-8-10(6-7-16(11)15-12)17-9-4-2-1-3-5-9/h6-9H,1-5H2,(H2,13,15). The Morgan fingerprint density at radius 2 is 2.12 bits per heavy atom. The lowest BCUT2D eigenvalue weighted by atomic mass is 9.98. The second-order valence-corrected chi connectivity index (χ2v) is 4.51. The zero-order valence-electron chi connectivity index (χ0n) is 9.67. The topological polar surface area (TPSA) is 65.4 Å². The van der Waals surface area contributed by atoms with Crippen LogP contribution in [0.3, 0.4) is 0 Å². The van der Waals surface area contributed by atoms with Crippen LogP contribution in [0.2, 0.25) is 0 Å². The third-order valence-electron chi connectivity index (χ3n) is 3.18. The van der Waals surface area contributed by atoms with Crippen LogP contribution < -0.4 is 10.5 Å². The number of ether oxygens (including phenoxy) is 1. The molecule has 3 rings (SSSR count). The Bertz CT molecular complexity index is 516. The molecule has 0 radical (unpaired) electrons. The Hall–Kier alpha value is -1.78. The molecule has 1 aliphatic rings. The average Bonchev–Trinajstić information content (AvgIpc) is 2.70. The lowest BCUT2D eigenvalue weighted by Gasteiger charge is -2.22. The molecule has 0 unspecified atom stereocenters. The van der Waals surface area contributed by atoms with Crippen molar-refractivity contribution in [2.45, 2.75) is 38.2 Å². The zero-order valence-corrected chi connectivity index (χ0v) is 9.67. The highest BCUT2D eigenvalue weighted by molar-refractivity contribution is 5.46. The SMILES string of the molecule is Nc1nc2cc(OC3CCCCC3)ccn2n1. The van der Waals surface area contributed by atoms with E-state index in [0.29, 0.717) is 12.1 Å². The monoisotopic (exact) mass is 232 g/mol. The molecule has 5 heteroatoms. The Kier molecular flexibility index (Phi) is 2.59. The summed E-state index contributed by atoms with van der Waals surface area (Å²) in [5.74, 6) is 1.15. The highest BCUT2D eigenvalue weighted by Gasteiger charge is 2.15. The van der Waals surface area contributed by atoms with Gasteiger partial charge in [0.15, 0.2) is 5.65 Å². The Morgan fingerprint density at radius 1 is 1.29 bits per heavy atom. The van der Waals surface area contributed by atoms with Crippen molar-refractivity contribution in [3.63, 3.8) is 0 Å². The van der Waals surface area contributed by atoms with Gasteiger partial charge in [-0.2, -0.15) is 4.98 Å². The van der Waals surface area contributed by atoms with Crippen LogP contribution in [0.25, 0.3) is 5.65 Å². The fourth-order valence-corrected chi connectivity index (χ4v) is 2.33. The molecule has 0 spiro atoms. The second-order valence-electron chi connectivity index (χ2n) is 4.51. The molecule has 1 fully saturated rings. The first-order valence-electron chi connectivity index (χ1n) is 6.10. The predicted octanol–water partition coefficient (Wildman–Crippen LogP) is 2.02. The molecule has 17 heavy (non-hydrogen) atoms. The fourth-order valence-electron chi connectivity index (χ4n) is 2.33.